The minimum Gasteiger partial charge on any atom is -0.356 e. The molecule has 0 spiro atoms. The van der Waals surface area contributed by atoms with Crippen LogP contribution < -0.4 is 5.32 Å². The molecule has 0 atom stereocenters. The number of aromatic amines is 1. The quantitative estimate of drug-likeness (QED) is 0.493. The number of rotatable bonds is 4. The first-order chi connectivity index (χ1) is 12.0. The topological polar surface area (TPSA) is 87.7 Å². The van der Waals surface area contributed by atoms with Crippen molar-refractivity contribution in [3.05, 3.63) is 75.1 Å². The number of hydrogen-bond acceptors (Lipinski definition) is 4. The van der Waals surface area contributed by atoms with Crippen molar-refractivity contribution in [1.29, 1.82) is 0 Å². The van der Waals surface area contributed by atoms with Gasteiger partial charge in [0.2, 0.25) is 5.28 Å². The first-order valence-corrected chi connectivity index (χ1v) is 8.10. The molecule has 126 valence electrons. The second-order valence-corrected chi connectivity index (χ2v) is 6.09. The summed E-state index contributed by atoms with van der Waals surface area (Å²) < 4.78 is 14.2. The molecule has 0 aliphatic carbocycles. The van der Waals surface area contributed by atoms with Crippen molar-refractivity contribution < 1.29 is 14.0 Å². The number of aromatic nitrogens is 3. The maximum Gasteiger partial charge on any atom is 0.273 e. The predicted octanol–water partition coefficient (Wildman–Crippen LogP) is 3.84. The largest absolute Gasteiger partial charge is 0.356 e. The molecule has 0 bridgehead atoms. The molecule has 25 heavy (non-hydrogen) atoms. The molecule has 1 amide bonds. The van der Waals surface area contributed by atoms with Gasteiger partial charge in [-0.3, -0.25) is 9.59 Å². The second kappa shape index (κ2) is 7.12. The maximum atomic E-state index is 13.9. The molecule has 9 heteroatoms. The molecule has 2 N–H and O–H groups in total. The molecule has 0 saturated heterocycles. The van der Waals surface area contributed by atoms with Crippen molar-refractivity contribution in [1.82, 2.24) is 15.0 Å². The Morgan fingerprint density at radius 3 is 2.80 bits per heavy atom. The average molecular weight is 424 g/mol. The van der Waals surface area contributed by atoms with Crippen LogP contribution in [0.15, 0.2) is 47.2 Å². The smallest absolute Gasteiger partial charge is 0.273 e. The van der Waals surface area contributed by atoms with Gasteiger partial charge in [-0.15, -0.1) is 0 Å². The summed E-state index contributed by atoms with van der Waals surface area (Å²) in [6.07, 6.45) is 2.73. The fraction of sp³-hybridized carbons (Fsp3) is 0. The minimum atomic E-state index is -0.651. The van der Waals surface area contributed by atoms with Gasteiger partial charge in [-0.2, -0.15) is 0 Å². The zero-order valence-corrected chi connectivity index (χ0v) is 14.7. The van der Waals surface area contributed by atoms with Crippen LogP contribution in [0.2, 0.25) is 5.28 Å². The molecular weight excluding hydrogens is 415 g/mol. The number of H-pyrrole nitrogens is 1. The van der Waals surface area contributed by atoms with Crippen LogP contribution in [0, 0.1) is 5.82 Å². The minimum absolute atomic E-state index is 0.00967. The van der Waals surface area contributed by atoms with Gasteiger partial charge in [-0.1, -0.05) is 6.07 Å². The first-order valence-electron chi connectivity index (χ1n) is 6.92. The van der Waals surface area contributed by atoms with Crippen LogP contribution in [-0.2, 0) is 0 Å². The van der Waals surface area contributed by atoms with Gasteiger partial charge < -0.3 is 10.3 Å². The average Bonchev–Trinajstić information content (AvgIpc) is 3.04. The van der Waals surface area contributed by atoms with Crippen molar-refractivity contribution in [2.45, 2.75) is 0 Å². The summed E-state index contributed by atoms with van der Waals surface area (Å²) in [6, 6.07) is 7.04. The fourth-order valence-corrected chi connectivity index (χ4v) is 2.77. The van der Waals surface area contributed by atoms with Crippen molar-refractivity contribution >= 4 is 45.0 Å². The molecule has 0 saturated carbocycles. The van der Waals surface area contributed by atoms with Crippen LogP contribution in [0.1, 0.15) is 26.4 Å². The number of ketones is 1. The van der Waals surface area contributed by atoms with Crippen molar-refractivity contribution in [2.75, 3.05) is 5.32 Å². The zero-order chi connectivity index (χ0) is 18.0. The van der Waals surface area contributed by atoms with Gasteiger partial charge in [0.25, 0.3) is 5.91 Å². The van der Waals surface area contributed by atoms with Crippen molar-refractivity contribution in [2.24, 2.45) is 0 Å². The Hall–Kier alpha value is -2.58. The van der Waals surface area contributed by atoms with E-state index in [1.165, 1.54) is 36.7 Å². The third kappa shape index (κ3) is 3.75. The van der Waals surface area contributed by atoms with Gasteiger partial charge in [0.1, 0.15) is 17.3 Å². The molecule has 6 nitrogen and oxygen atoms in total. The Labute approximate surface area is 154 Å². The summed E-state index contributed by atoms with van der Waals surface area (Å²) in [5, 5.41) is 2.50. The highest BCUT2D eigenvalue weighted by Crippen LogP contribution is 2.23. The Bertz CT molecular complexity index is 956. The van der Waals surface area contributed by atoms with E-state index < -0.39 is 17.5 Å². The molecule has 0 aliphatic heterocycles. The SMILES string of the molecule is O=C(Nc1ccnc(Cl)n1)c1cc(C(=O)c2c(F)cccc2Br)c[nH]1. The van der Waals surface area contributed by atoms with Crippen molar-refractivity contribution in [3.63, 3.8) is 0 Å². The maximum absolute atomic E-state index is 13.9. The van der Waals surface area contributed by atoms with E-state index in [0.717, 1.165) is 0 Å². The summed E-state index contributed by atoms with van der Waals surface area (Å²) >= 11 is 8.81. The van der Waals surface area contributed by atoms with E-state index in [-0.39, 0.29) is 27.9 Å². The lowest BCUT2D eigenvalue weighted by molar-refractivity contribution is 0.102. The third-order valence-electron chi connectivity index (χ3n) is 3.25. The fourth-order valence-electron chi connectivity index (χ4n) is 2.10. The molecule has 3 aromatic rings. The van der Waals surface area contributed by atoms with Crippen LogP contribution in [0.5, 0.6) is 0 Å². The number of halogens is 3. The van der Waals surface area contributed by atoms with Gasteiger partial charge in [0.05, 0.1) is 5.56 Å². The molecule has 3 rings (SSSR count). The normalized spacial score (nSPS) is 10.5. The van der Waals surface area contributed by atoms with Gasteiger partial charge in [0, 0.05) is 22.4 Å². The van der Waals surface area contributed by atoms with E-state index in [0.29, 0.717) is 4.47 Å². The monoisotopic (exact) mass is 422 g/mol. The number of benzene rings is 1. The van der Waals surface area contributed by atoms with Crippen LogP contribution in [0.4, 0.5) is 10.2 Å². The number of nitrogens with zero attached hydrogens (tertiary/aromatic N) is 2. The Kier molecular flexibility index (Phi) is 4.91. The lowest BCUT2D eigenvalue weighted by Crippen LogP contribution is -2.13. The lowest BCUT2D eigenvalue weighted by Gasteiger charge is -2.03. The van der Waals surface area contributed by atoms with E-state index in [4.69, 9.17) is 11.6 Å². The number of carbonyl (C=O) groups excluding carboxylic acids is 2. The third-order valence-corrected chi connectivity index (χ3v) is 4.09. The first kappa shape index (κ1) is 17.2. The number of amides is 1. The molecule has 0 fully saturated rings. The highest BCUT2D eigenvalue weighted by atomic mass is 79.9. The molecule has 2 aromatic heterocycles. The van der Waals surface area contributed by atoms with Gasteiger partial charge in [-0.25, -0.2) is 14.4 Å². The van der Waals surface area contributed by atoms with Crippen LogP contribution in [-0.4, -0.2) is 26.6 Å². The Morgan fingerprint density at radius 2 is 2.08 bits per heavy atom. The molecule has 1 aromatic carbocycles. The summed E-state index contributed by atoms with van der Waals surface area (Å²) in [4.78, 5) is 34.9. The van der Waals surface area contributed by atoms with Crippen LogP contribution in [0.3, 0.4) is 0 Å². The van der Waals surface area contributed by atoms with Gasteiger partial charge in [-0.05, 0) is 51.8 Å². The van der Waals surface area contributed by atoms with E-state index in [2.05, 4.69) is 36.2 Å². The van der Waals surface area contributed by atoms with Crippen LogP contribution >= 0.6 is 27.5 Å². The summed E-state index contributed by atoms with van der Waals surface area (Å²) in [6.45, 7) is 0. The standard InChI is InChI=1S/C16H9BrClFN4O2/c17-9-2-1-3-10(19)13(9)14(24)8-6-11(21-7-8)15(25)22-12-4-5-20-16(18)23-12/h1-7,21H,(H,20,22,23,25). The number of carbonyl (C=O) groups is 2. The second-order valence-electron chi connectivity index (χ2n) is 4.89. The highest BCUT2D eigenvalue weighted by Gasteiger charge is 2.20. The van der Waals surface area contributed by atoms with Crippen molar-refractivity contribution in [3.8, 4) is 0 Å². The molecule has 0 radical (unpaired) electrons. The molecule has 0 unspecified atom stereocenters. The number of hydrogen-bond donors (Lipinski definition) is 2. The highest BCUT2D eigenvalue weighted by molar-refractivity contribution is 9.10. The Balaban J connectivity index is 1.82. The summed E-state index contributed by atoms with van der Waals surface area (Å²) in [7, 11) is 0. The van der Waals surface area contributed by atoms with E-state index in [1.807, 2.05) is 0 Å². The van der Waals surface area contributed by atoms with E-state index >= 15 is 0 Å². The molecule has 2 heterocycles. The zero-order valence-electron chi connectivity index (χ0n) is 12.4. The Morgan fingerprint density at radius 1 is 1.28 bits per heavy atom. The van der Waals surface area contributed by atoms with Crippen LogP contribution in [0.25, 0.3) is 0 Å². The predicted molar refractivity (Wildman–Crippen MR) is 93.3 cm³/mol. The van der Waals surface area contributed by atoms with E-state index in [9.17, 15) is 14.0 Å². The number of anilines is 1. The number of nitrogens with one attached hydrogen (secondary N) is 2. The van der Waals surface area contributed by atoms with E-state index in [1.54, 1.807) is 6.07 Å². The van der Waals surface area contributed by atoms with Gasteiger partial charge in [0.15, 0.2) is 5.78 Å². The molecule has 0 aliphatic rings. The lowest BCUT2D eigenvalue weighted by atomic mass is 10.1. The van der Waals surface area contributed by atoms with Gasteiger partial charge >= 0.3 is 0 Å². The summed E-state index contributed by atoms with van der Waals surface area (Å²) in [5.41, 5.74) is 0.165. The summed E-state index contributed by atoms with van der Waals surface area (Å²) in [5.74, 6) is -1.52. The molecular formula is C16H9BrClFN4O2.